The van der Waals surface area contributed by atoms with E-state index in [-0.39, 0.29) is 5.02 Å². The Morgan fingerprint density at radius 3 is 2.00 bits per heavy atom. The smallest absolute Gasteiger partial charge is 0.192 e. The summed E-state index contributed by atoms with van der Waals surface area (Å²) in [6, 6.07) is 11.4. The van der Waals surface area contributed by atoms with Gasteiger partial charge in [-0.25, -0.2) is 0 Å². The molecule has 5 heteroatoms. The monoisotopic (exact) mass is 281 g/mol. The number of halogens is 4. The molecule has 0 radical (unpaired) electrons. The molecule has 0 unspecified atom stereocenters. The fourth-order valence-electron chi connectivity index (χ4n) is 1.64. The highest BCUT2D eigenvalue weighted by Gasteiger charge is 2.29. The van der Waals surface area contributed by atoms with Crippen LogP contribution in [-0.4, -0.2) is 0 Å². The largest absolute Gasteiger partial charge is 0.416 e. The summed E-state index contributed by atoms with van der Waals surface area (Å²) in [7, 11) is 0. The molecule has 0 aliphatic carbocycles. The van der Waals surface area contributed by atoms with Crippen LogP contribution in [0.3, 0.4) is 0 Å². The van der Waals surface area contributed by atoms with E-state index < -0.39 is 11.7 Å². The van der Waals surface area contributed by atoms with Crippen molar-refractivity contribution in [3.63, 3.8) is 0 Å². The molecule has 96 valence electrons. The standard InChI is InChI=1S/C14H7ClF3N/c15-13-7-10(1-2-11(13)8-19)9-3-5-12(6-4-9)14(16,17)18/h1-7H. The third-order valence-electron chi connectivity index (χ3n) is 2.64. The first-order valence-electron chi connectivity index (χ1n) is 5.29. The Morgan fingerprint density at radius 2 is 1.53 bits per heavy atom. The summed E-state index contributed by atoms with van der Waals surface area (Å²) >= 11 is 5.88. The number of benzene rings is 2. The van der Waals surface area contributed by atoms with Crippen molar-refractivity contribution >= 4 is 11.6 Å². The summed E-state index contributed by atoms with van der Waals surface area (Å²) in [5.74, 6) is 0. The quantitative estimate of drug-likeness (QED) is 0.729. The predicted molar refractivity (Wildman–Crippen MR) is 66.6 cm³/mol. The summed E-state index contributed by atoms with van der Waals surface area (Å²) in [5, 5.41) is 9.02. The van der Waals surface area contributed by atoms with Crippen molar-refractivity contribution in [2.75, 3.05) is 0 Å². The summed E-state index contributed by atoms with van der Waals surface area (Å²) in [6.07, 6.45) is -4.35. The number of hydrogen-bond acceptors (Lipinski definition) is 1. The van der Waals surface area contributed by atoms with Crippen molar-refractivity contribution < 1.29 is 13.2 Å². The molecular weight excluding hydrogens is 275 g/mol. The number of nitrogens with zero attached hydrogens (tertiary/aromatic N) is 1. The second kappa shape index (κ2) is 4.94. The fourth-order valence-corrected chi connectivity index (χ4v) is 1.86. The first-order chi connectivity index (χ1) is 8.91. The Hall–Kier alpha value is -1.99. The van der Waals surface area contributed by atoms with Crippen LogP contribution in [0.2, 0.25) is 5.02 Å². The van der Waals surface area contributed by atoms with E-state index in [0.29, 0.717) is 16.7 Å². The average molecular weight is 282 g/mol. The van der Waals surface area contributed by atoms with E-state index in [9.17, 15) is 13.2 Å². The Morgan fingerprint density at radius 1 is 0.947 bits per heavy atom. The van der Waals surface area contributed by atoms with E-state index in [1.54, 1.807) is 12.1 Å². The molecule has 0 aliphatic rings. The summed E-state index contributed by atoms with van der Waals surface area (Å²) in [5.41, 5.74) is 0.908. The zero-order chi connectivity index (χ0) is 14.0. The van der Waals surface area contributed by atoms with Crippen LogP contribution in [-0.2, 0) is 6.18 Å². The maximum Gasteiger partial charge on any atom is 0.416 e. The van der Waals surface area contributed by atoms with Gasteiger partial charge in [-0.05, 0) is 35.4 Å². The zero-order valence-corrected chi connectivity index (χ0v) is 10.3. The van der Waals surface area contributed by atoms with E-state index in [0.717, 1.165) is 12.1 Å². The van der Waals surface area contributed by atoms with Gasteiger partial charge in [-0.15, -0.1) is 0 Å². The van der Waals surface area contributed by atoms with Crippen LogP contribution in [0.5, 0.6) is 0 Å². The molecule has 0 aromatic heterocycles. The van der Waals surface area contributed by atoms with E-state index in [2.05, 4.69) is 0 Å². The van der Waals surface area contributed by atoms with Crippen molar-refractivity contribution in [2.24, 2.45) is 0 Å². The van der Waals surface area contributed by atoms with Crippen LogP contribution in [0, 0.1) is 11.3 Å². The molecule has 0 bridgehead atoms. The van der Waals surface area contributed by atoms with Gasteiger partial charge in [0.15, 0.2) is 0 Å². The van der Waals surface area contributed by atoms with Crippen LogP contribution in [0.4, 0.5) is 13.2 Å². The molecular formula is C14H7ClF3N. The van der Waals surface area contributed by atoms with Gasteiger partial charge in [0.1, 0.15) is 6.07 Å². The highest BCUT2D eigenvalue weighted by atomic mass is 35.5. The first-order valence-corrected chi connectivity index (χ1v) is 5.67. The molecule has 2 rings (SSSR count). The van der Waals surface area contributed by atoms with Crippen molar-refractivity contribution in [2.45, 2.75) is 6.18 Å². The minimum Gasteiger partial charge on any atom is -0.192 e. The van der Waals surface area contributed by atoms with Gasteiger partial charge in [-0.2, -0.15) is 18.4 Å². The van der Waals surface area contributed by atoms with Gasteiger partial charge in [0, 0.05) is 0 Å². The lowest BCUT2D eigenvalue weighted by molar-refractivity contribution is -0.137. The van der Waals surface area contributed by atoms with Gasteiger partial charge in [-0.1, -0.05) is 29.8 Å². The maximum absolute atomic E-state index is 12.4. The van der Waals surface area contributed by atoms with Crippen molar-refractivity contribution in [3.05, 3.63) is 58.6 Å². The fraction of sp³-hybridized carbons (Fsp3) is 0.0714. The Labute approximate surface area is 112 Å². The second-order valence-electron chi connectivity index (χ2n) is 3.88. The van der Waals surface area contributed by atoms with Crippen LogP contribution in [0.15, 0.2) is 42.5 Å². The normalized spacial score (nSPS) is 11.1. The predicted octanol–water partition coefficient (Wildman–Crippen LogP) is 4.90. The van der Waals surface area contributed by atoms with Gasteiger partial charge in [0.05, 0.1) is 16.1 Å². The minimum absolute atomic E-state index is 0.278. The van der Waals surface area contributed by atoms with E-state index in [4.69, 9.17) is 16.9 Å². The SMILES string of the molecule is N#Cc1ccc(-c2ccc(C(F)(F)F)cc2)cc1Cl. The van der Waals surface area contributed by atoms with E-state index in [1.807, 2.05) is 6.07 Å². The summed E-state index contributed by atoms with van der Waals surface area (Å²) in [4.78, 5) is 0. The number of alkyl halides is 3. The van der Waals surface area contributed by atoms with Gasteiger partial charge in [-0.3, -0.25) is 0 Å². The summed E-state index contributed by atoms with van der Waals surface area (Å²) < 4.78 is 37.3. The average Bonchev–Trinajstić information content (AvgIpc) is 2.38. The topological polar surface area (TPSA) is 23.8 Å². The molecule has 19 heavy (non-hydrogen) atoms. The maximum atomic E-state index is 12.4. The summed E-state index contributed by atoms with van der Waals surface area (Å²) in [6.45, 7) is 0. The molecule has 1 nitrogen and oxygen atoms in total. The van der Waals surface area contributed by atoms with E-state index >= 15 is 0 Å². The molecule has 0 spiro atoms. The van der Waals surface area contributed by atoms with Gasteiger partial charge in [0.25, 0.3) is 0 Å². The van der Waals surface area contributed by atoms with Crippen LogP contribution in [0.25, 0.3) is 11.1 Å². The molecule has 0 N–H and O–H groups in total. The zero-order valence-electron chi connectivity index (χ0n) is 9.50. The lowest BCUT2D eigenvalue weighted by Gasteiger charge is -2.08. The highest BCUT2D eigenvalue weighted by molar-refractivity contribution is 6.32. The molecule has 0 saturated carbocycles. The third kappa shape index (κ3) is 2.88. The third-order valence-corrected chi connectivity index (χ3v) is 2.95. The second-order valence-corrected chi connectivity index (χ2v) is 4.29. The minimum atomic E-state index is -4.35. The molecule has 0 heterocycles. The molecule has 0 atom stereocenters. The number of hydrogen-bond donors (Lipinski definition) is 0. The Bertz CT molecular complexity index is 639. The van der Waals surface area contributed by atoms with E-state index in [1.165, 1.54) is 18.2 Å². The lowest BCUT2D eigenvalue weighted by atomic mass is 10.0. The number of rotatable bonds is 1. The number of nitriles is 1. The van der Waals surface area contributed by atoms with Crippen LogP contribution in [0.1, 0.15) is 11.1 Å². The first kappa shape index (κ1) is 13.4. The highest BCUT2D eigenvalue weighted by Crippen LogP contribution is 2.31. The Balaban J connectivity index is 2.38. The van der Waals surface area contributed by atoms with Crippen LogP contribution < -0.4 is 0 Å². The van der Waals surface area contributed by atoms with Gasteiger partial charge in [0.2, 0.25) is 0 Å². The molecule has 0 amide bonds. The molecule has 2 aromatic carbocycles. The molecule has 0 fully saturated rings. The van der Waals surface area contributed by atoms with Crippen molar-refractivity contribution in [3.8, 4) is 17.2 Å². The van der Waals surface area contributed by atoms with Crippen molar-refractivity contribution in [1.82, 2.24) is 0 Å². The molecule has 0 saturated heterocycles. The molecule has 0 aliphatic heterocycles. The van der Waals surface area contributed by atoms with Gasteiger partial charge >= 0.3 is 6.18 Å². The lowest BCUT2D eigenvalue weighted by Crippen LogP contribution is -2.03. The Kier molecular flexibility index (Phi) is 3.50. The molecule has 2 aromatic rings. The van der Waals surface area contributed by atoms with Crippen molar-refractivity contribution in [1.29, 1.82) is 5.26 Å². The van der Waals surface area contributed by atoms with Crippen LogP contribution >= 0.6 is 11.6 Å². The van der Waals surface area contributed by atoms with Gasteiger partial charge < -0.3 is 0 Å².